The fourth-order valence-corrected chi connectivity index (χ4v) is 3.12. The molecule has 0 bridgehead atoms. The molecule has 0 aromatic carbocycles. The molecule has 0 saturated heterocycles. The van der Waals surface area contributed by atoms with Gasteiger partial charge in [0.05, 0.1) is 13.2 Å². The molecule has 3 nitrogen and oxygen atoms in total. The smallest absolute Gasteiger partial charge is 0.305 e. The largest absolute Gasteiger partial charge is 0.469 e. The van der Waals surface area contributed by atoms with E-state index in [0.29, 0.717) is 6.42 Å². The molecule has 0 saturated carbocycles. The van der Waals surface area contributed by atoms with Gasteiger partial charge in [0.15, 0.2) is 0 Å². The summed E-state index contributed by atoms with van der Waals surface area (Å²) < 4.78 is 4.63. The van der Waals surface area contributed by atoms with Crippen LogP contribution in [-0.4, -0.2) is 24.3 Å². The SMILES string of the molecule is CCCCCC[C@@H](O)CCCCCCCCCCCCC(=O)OC. The molecule has 0 amide bonds. The van der Waals surface area contributed by atoms with Crippen LogP contribution in [0, 0.1) is 0 Å². The maximum Gasteiger partial charge on any atom is 0.305 e. The Morgan fingerprint density at radius 2 is 1.17 bits per heavy atom. The summed E-state index contributed by atoms with van der Waals surface area (Å²) in [4.78, 5) is 11.0. The third-order valence-corrected chi connectivity index (χ3v) is 4.79. The Labute approximate surface area is 150 Å². The maximum absolute atomic E-state index is 11.0. The van der Waals surface area contributed by atoms with Gasteiger partial charge in [-0.1, -0.05) is 90.4 Å². The number of hydrogen-bond donors (Lipinski definition) is 1. The second kappa shape index (κ2) is 18.8. The predicted molar refractivity (Wildman–Crippen MR) is 102 cm³/mol. The van der Waals surface area contributed by atoms with Gasteiger partial charge >= 0.3 is 5.97 Å². The summed E-state index contributed by atoms with van der Waals surface area (Å²) >= 11 is 0. The molecule has 1 atom stereocenters. The van der Waals surface area contributed by atoms with E-state index in [2.05, 4.69) is 11.7 Å². The lowest BCUT2D eigenvalue weighted by molar-refractivity contribution is -0.140. The van der Waals surface area contributed by atoms with Crippen molar-refractivity contribution in [3.05, 3.63) is 0 Å². The molecule has 144 valence electrons. The molecule has 0 aliphatic rings. The van der Waals surface area contributed by atoms with Gasteiger partial charge in [-0.3, -0.25) is 4.79 Å². The van der Waals surface area contributed by atoms with Gasteiger partial charge < -0.3 is 9.84 Å². The van der Waals surface area contributed by atoms with Crippen molar-refractivity contribution in [2.75, 3.05) is 7.11 Å². The van der Waals surface area contributed by atoms with E-state index in [1.54, 1.807) is 0 Å². The van der Waals surface area contributed by atoms with E-state index in [1.807, 2.05) is 0 Å². The molecule has 1 N–H and O–H groups in total. The zero-order valence-corrected chi connectivity index (χ0v) is 16.4. The molecule has 0 heterocycles. The fraction of sp³-hybridized carbons (Fsp3) is 0.952. The summed E-state index contributed by atoms with van der Waals surface area (Å²) in [5.74, 6) is -0.0823. The minimum atomic E-state index is -0.0823. The number of esters is 1. The second-order valence-corrected chi connectivity index (χ2v) is 7.15. The van der Waals surface area contributed by atoms with Gasteiger partial charge in [0.25, 0.3) is 0 Å². The number of aliphatic hydroxyl groups excluding tert-OH is 1. The van der Waals surface area contributed by atoms with E-state index in [9.17, 15) is 9.90 Å². The van der Waals surface area contributed by atoms with Gasteiger partial charge in [0, 0.05) is 6.42 Å². The Morgan fingerprint density at radius 1 is 0.750 bits per heavy atom. The van der Waals surface area contributed by atoms with Crippen molar-refractivity contribution >= 4 is 5.97 Å². The van der Waals surface area contributed by atoms with Crippen molar-refractivity contribution in [2.45, 2.75) is 122 Å². The van der Waals surface area contributed by atoms with Crippen molar-refractivity contribution < 1.29 is 14.6 Å². The topological polar surface area (TPSA) is 46.5 Å². The summed E-state index contributed by atoms with van der Waals surface area (Å²) in [5.41, 5.74) is 0. The highest BCUT2D eigenvalue weighted by Gasteiger charge is 2.03. The van der Waals surface area contributed by atoms with Crippen LogP contribution in [0.3, 0.4) is 0 Å². The first-order valence-electron chi connectivity index (χ1n) is 10.5. The third-order valence-electron chi connectivity index (χ3n) is 4.79. The second-order valence-electron chi connectivity index (χ2n) is 7.15. The molecule has 0 radical (unpaired) electrons. The van der Waals surface area contributed by atoms with Crippen LogP contribution in [0.25, 0.3) is 0 Å². The number of aliphatic hydroxyl groups is 1. The zero-order valence-electron chi connectivity index (χ0n) is 16.4. The maximum atomic E-state index is 11.0. The molecule has 0 spiro atoms. The van der Waals surface area contributed by atoms with Crippen LogP contribution in [0.15, 0.2) is 0 Å². The lowest BCUT2D eigenvalue weighted by Gasteiger charge is -2.10. The van der Waals surface area contributed by atoms with Crippen LogP contribution in [0.4, 0.5) is 0 Å². The Balaban J connectivity index is 3.13. The van der Waals surface area contributed by atoms with E-state index in [1.165, 1.54) is 84.2 Å². The van der Waals surface area contributed by atoms with Gasteiger partial charge in [-0.05, 0) is 19.3 Å². The summed E-state index contributed by atoms with van der Waals surface area (Å²) in [6.45, 7) is 2.22. The average Bonchev–Trinajstić information content (AvgIpc) is 2.59. The van der Waals surface area contributed by atoms with E-state index >= 15 is 0 Å². The van der Waals surface area contributed by atoms with E-state index < -0.39 is 0 Å². The quantitative estimate of drug-likeness (QED) is 0.239. The number of methoxy groups -OCH3 is 1. The standard InChI is InChI=1S/C21H42O3/c1-3-4-5-14-17-20(22)18-15-12-10-8-6-7-9-11-13-16-19-21(23)24-2/h20,22H,3-19H2,1-2H3/t20-/m1/s1. The van der Waals surface area contributed by atoms with Gasteiger partial charge in [-0.25, -0.2) is 0 Å². The molecule has 0 aliphatic carbocycles. The minimum Gasteiger partial charge on any atom is -0.469 e. The number of unbranched alkanes of at least 4 members (excludes halogenated alkanes) is 12. The first-order valence-corrected chi connectivity index (χ1v) is 10.5. The number of carbonyl (C=O) groups is 1. The first-order chi connectivity index (χ1) is 11.7. The predicted octanol–water partition coefficient (Wildman–Crippen LogP) is 6.17. The molecule has 0 rings (SSSR count). The van der Waals surface area contributed by atoms with Crippen LogP contribution in [0.1, 0.15) is 116 Å². The molecule has 0 aliphatic heterocycles. The van der Waals surface area contributed by atoms with Crippen LogP contribution >= 0.6 is 0 Å². The Bertz CT molecular complexity index is 266. The number of hydrogen-bond acceptors (Lipinski definition) is 3. The highest BCUT2D eigenvalue weighted by atomic mass is 16.5. The number of carbonyl (C=O) groups excluding carboxylic acids is 1. The lowest BCUT2D eigenvalue weighted by atomic mass is 10.0. The van der Waals surface area contributed by atoms with Gasteiger partial charge in [0.1, 0.15) is 0 Å². The van der Waals surface area contributed by atoms with Gasteiger partial charge in [0.2, 0.25) is 0 Å². The molecule has 24 heavy (non-hydrogen) atoms. The van der Waals surface area contributed by atoms with Crippen molar-refractivity contribution in [1.82, 2.24) is 0 Å². The molecular weight excluding hydrogens is 300 g/mol. The molecular formula is C21H42O3. The molecule has 0 unspecified atom stereocenters. The first kappa shape index (κ1) is 23.4. The van der Waals surface area contributed by atoms with Crippen molar-refractivity contribution in [3.8, 4) is 0 Å². The highest BCUT2D eigenvalue weighted by molar-refractivity contribution is 5.68. The molecule has 3 heteroatoms. The molecule has 0 aromatic heterocycles. The van der Waals surface area contributed by atoms with Crippen molar-refractivity contribution in [2.24, 2.45) is 0 Å². The Hall–Kier alpha value is -0.570. The normalized spacial score (nSPS) is 12.3. The molecule has 0 fully saturated rings. The Morgan fingerprint density at radius 3 is 1.62 bits per heavy atom. The van der Waals surface area contributed by atoms with E-state index in [-0.39, 0.29) is 12.1 Å². The van der Waals surface area contributed by atoms with E-state index in [4.69, 9.17) is 0 Å². The third kappa shape index (κ3) is 17.8. The Kier molecular flexibility index (Phi) is 18.3. The lowest BCUT2D eigenvalue weighted by Crippen LogP contribution is -2.05. The molecule has 0 aromatic rings. The van der Waals surface area contributed by atoms with Crippen molar-refractivity contribution in [3.63, 3.8) is 0 Å². The average molecular weight is 343 g/mol. The highest BCUT2D eigenvalue weighted by Crippen LogP contribution is 2.14. The summed E-state index contributed by atoms with van der Waals surface area (Å²) in [6.07, 6.45) is 19.9. The van der Waals surface area contributed by atoms with Crippen LogP contribution in [-0.2, 0) is 9.53 Å². The van der Waals surface area contributed by atoms with Crippen LogP contribution < -0.4 is 0 Å². The monoisotopic (exact) mass is 342 g/mol. The van der Waals surface area contributed by atoms with Crippen molar-refractivity contribution in [1.29, 1.82) is 0 Å². The number of rotatable bonds is 18. The van der Waals surface area contributed by atoms with Crippen LogP contribution in [0.2, 0.25) is 0 Å². The van der Waals surface area contributed by atoms with Gasteiger partial charge in [-0.15, -0.1) is 0 Å². The summed E-state index contributed by atoms with van der Waals surface area (Å²) in [7, 11) is 1.46. The minimum absolute atomic E-state index is 0.0631. The summed E-state index contributed by atoms with van der Waals surface area (Å²) in [6, 6.07) is 0. The zero-order chi connectivity index (χ0) is 17.9. The summed E-state index contributed by atoms with van der Waals surface area (Å²) in [5, 5.41) is 9.91. The fourth-order valence-electron chi connectivity index (χ4n) is 3.12. The number of ether oxygens (including phenoxy) is 1. The van der Waals surface area contributed by atoms with Gasteiger partial charge in [-0.2, -0.15) is 0 Å². The van der Waals surface area contributed by atoms with E-state index in [0.717, 1.165) is 25.7 Å². The van der Waals surface area contributed by atoms with Crippen LogP contribution in [0.5, 0.6) is 0 Å².